The summed E-state index contributed by atoms with van der Waals surface area (Å²) < 4.78 is 17.4. The van der Waals surface area contributed by atoms with E-state index in [-0.39, 0.29) is 17.1 Å². The summed E-state index contributed by atoms with van der Waals surface area (Å²) in [7, 11) is 0. The minimum atomic E-state index is -0.358. The third-order valence-electron chi connectivity index (χ3n) is 3.57. The van der Waals surface area contributed by atoms with Crippen molar-refractivity contribution in [3.05, 3.63) is 52.5 Å². The van der Waals surface area contributed by atoms with Crippen LogP contribution in [0.2, 0.25) is 0 Å². The molecule has 29 heavy (non-hydrogen) atoms. The van der Waals surface area contributed by atoms with Gasteiger partial charge in [-0.05, 0) is 63.3 Å². The Kier molecular flexibility index (Phi) is 9.37. The van der Waals surface area contributed by atoms with Gasteiger partial charge in [0.15, 0.2) is 5.11 Å². The number of hydrogen-bond acceptors (Lipinski definition) is 5. The summed E-state index contributed by atoms with van der Waals surface area (Å²) in [6.07, 6.45) is -0.0572. The Bertz CT molecular complexity index is 845. The summed E-state index contributed by atoms with van der Waals surface area (Å²) in [5.74, 6) is 0.820. The van der Waals surface area contributed by atoms with Crippen LogP contribution in [0, 0.1) is 0 Å². The molecule has 0 atom stereocenters. The number of amides is 1. The van der Waals surface area contributed by atoms with E-state index in [1.165, 1.54) is 0 Å². The second-order valence-corrected chi connectivity index (χ2v) is 7.61. The van der Waals surface area contributed by atoms with Crippen LogP contribution in [0.25, 0.3) is 0 Å². The van der Waals surface area contributed by atoms with Gasteiger partial charge in [0.2, 0.25) is 0 Å². The van der Waals surface area contributed by atoms with E-state index in [0.717, 1.165) is 4.47 Å². The molecule has 2 aromatic rings. The molecule has 1 amide bonds. The maximum atomic E-state index is 12.7. The molecule has 2 aromatic carbocycles. The highest BCUT2D eigenvalue weighted by Crippen LogP contribution is 2.24. The van der Waals surface area contributed by atoms with Gasteiger partial charge >= 0.3 is 0 Å². The van der Waals surface area contributed by atoms with Crippen LogP contribution in [0.3, 0.4) is 0 Å². The average Bonchev–Trinajstić information content (AvgIpc) is 2.66. The van der Waals surface area contributed by atoms with E-state index < -0.39 is 0 Å². The van der Waals surface area contributed by atoms with Crippen molar-refractivity contribution >= 4 is 44.9 Å². The molecular weight excluding hydrogens is 456 g/mol. The van der Waals surface area contributed by atoms with E-state index in [0.29, 0.717) is 42.6 Å². The highest BCUT2D eigenvalue weighted by molar-refractivity contribution is 9.10. The maximum absolute atomic E-state index is 12.7. The summed E-state index contributed by atoms with van der Waals surface area (Å²) in [5, 5.41) is 5.86. The minimum absolute atomic E-state index is 0.0572. The number of halogens is 1. The third kappa shape index (κ3) is 8.00. The number of thiocarbonyl (C=S) groups is 1. The molecule has 156 valence electrons. The molecule has 0 saturated carbocycles. The van der Waals surface area contributed by atoms with Gasteiger partial charge in [0.05, 0.1) is 18.3 Å². The Morgan fingerprint density at radius 1 is 1.17 bits per heavy atom. The number of carbonyl (C=O) groups is 1. The topological polar surface area (TPSA) is 68.8 Å². The van der Waals surface area contributed by atoms with Crippen molar-refractivity contribution in [2.75, 3.05) is 25.1 Å². The van der Waals surface area contributed by atoms with E-state index in [9.17, 15) is 4.79 Å². The van der Waals surface area contributed by atoms with Gasteiger partial charge in [-0.15, -0.1) is 0 Å². The van der Waals surface area contributed by atoms with Crippen molar-refractivity contribution < 1.29 is 19.0 Å². The van der Waals surface area contributed by atoms with Crippen LogP contribution in [0.15, 0.2) is 46.9 Å². The van der Waals surface area contributed by atoms with Gasteiger partial charge in [0.25, 0.3) is 5.91 Å². The first-order valence-corrected chi connectivity index (χ1v) is 10.5. The first-order valence-electron chi connectivity index (χ1n) is 9.28. The second-order valence-electron chi connectivity index (χ2n) is 6.29. The molecular formula is C21H25BrN2O4S. The van der Waals surface area contributed by atoms with Crippen molar-refractivity contribution in [1.82, 2.24) is 5.32 Å². The van der Waals surface area contributed by atoms with Crippen molar-refractivity contribution in [2.45, 2.75) is 26.9 Å². The Labute approximate surface area is 185 Å². The lowest BCUT2D eigenvalue weighted by atomic mass is 10.2. The Hall–Kier alpha value is -2.16. The molecule has 2 rings (SSSR count). The van der Waals surface area contributed by atoms with E-state index in [1.54, 1.807) is 18.2 Å². The molecule has 0 bridgehead atoms. The van der Waals surface area contributed by atoms with Gasteiger partial charge in [-0.25, -0.2) is 0 Å². The minimum Gasteiger partial charge on any atom is -0.491 e. The lowest BCUT2D eigenvalue weighted by molar-refractivity contribution is 0.0972. The molecule has 8 heteroatoms. The maximum Gasteiger partial charge on any atom is 0.261 e. The lowest BCUT2D eigenvalue weighted by Crippen LogP contribution is -2.34. The lowest BCUT2D eigenvalue weighted by Gasteiger charge is -2.15. The van der Waals surface area contributed by atoms with E-state index in [1.807, 2.05) is 45.0 Å². The van der Waals surface area contributed by atoms with Gasteiger partial charge in [-0.3, -0.25) is 10.1 Å². The Morgan fingerprint density at radius 3 is 2.69 bits per heavy atom. The molecule has 0 radical (unpaired) electrons. The van der Waals surface area contributed by atoms with Crippen LogP contribution in [-0.2, 0) is 4.74 Å². The standard InChI is InChI=1S/C21H25BrN2O4S/c1-4-26-10-11-27-17-7-5-6-16(13-17)23-21(29)24-20(25)18-12-15(22)8-9-19(18)28-14(2)3/h5-9,12-14H,4,10-11H2,1-3H3,(H2,23,24,25,29). The molecule has 0 aliphatic heterocycles. The number of ether oxygens (including phenoxy) is 3. The normalized spacial score (nSPS) is 10.5. The summed E-state index contributed by atoms with van der Waals surface area (Å²) in [6.45, 7) is 7.38. The molecule has 6 nitrogen and oxygen atoms in total. The zero-order valence-electron chi connectivity index (χ0n) is 16.7. The van der Waals surface area contributed by atoms with Gasteiger partial charge in [-0.1, -0.05) is 22.0 Å². The van der Waals surface area contributed by atoms with Gasteiger partial charge in [0, 0.05) is 22.8 Å². The highest BCUT2D eigenvalue weighted by Gasteiger charge is 2.16. The van der Waals surface area contributed by atoms with Crippen molar-refractivity contribution in [1.29, 1.82) is 0 Å². The predicted octanol–water partition coefficient (Wildman–Crippen LogP) is 4.78. The summed E-state index contributed by atoms with van der Waals surface area (Å²) in [4.78, 5) is 12.7. The van der Waals surface area contributed by atoms with Crippen LogP contribution < -0.4 is 20.1 Å². The summed E-state index contributed by atoms with van der Waals surface area (Å²) in [5.41, 5.74) is 1.10. The first-order chi connectivity index (χ1) is 13.9. The number of anilines is 1. The molecule has 0 fully saturated rings. The number of benzene rings is 2. The van der Waals surface area contributed by atoms with Crippen molar-refractivity contribution in [2.24, 2.45) is 0 Å². The van der Waals surface area contributed by atoms with E-state index >= 15 is 0 Å². The van der Waals surface area contributed by atoms with Crippen LogP contribution in [-0.4, -0.2) is 36.9 Å². The van der Waals surface area contributed by atoms with Crippen molar-refractivity contribution in [3.63, 3.8) is 0 Å². The van der Waals surface area contributed by atoms with Crippen LogP contribution in [0.1, 0.15) is 31.1 Å². The Morgan fingerprint density at radius 2 is 1.97 bits per heavy atom. The molecule has 0 spiro atoms. The van der Waals surface area contributed by atoms with Crippen molar-refractivity contribution in [3.8, 4) is 11.5 Å². The van der Waals surface area contributed by atoms with E-state index in [2.05, 4.69) is 26.6 Å². The monoisotopic (exact) mass is 480 g/mol. The quantitative estimate of drug-likeness (QED) is 0.397. The number of hydrogen-bond donors (Lipinski definition) is 2. The number of rotatable bonds is 9. The first kappa shape index (κ1) is 23.1. The van der Waals surface area contributed by atoms with Gasteiger partial charge < -0.3 is 19.5 Å². The Balaban J connectivity index is 1.99. The fourth-order valence-corrected chi connectivity index (χ4v) is 2.97. The largest absolute Gasteiger partial charge is 0.491 e. The molecule has 0 aliphatic carbocycles. The molecule has 0 heterocycles. The fraction of sp³-hybridized carbons (Fsp3) is 0.333. The van der Waals surface area contributed by atoms with E-state index in [4.69, 9.17) is 26.4 Å². The van der Waals surface area contributed by atoms with Crippen LogP contribution in [0.4, 0.5) is 5.69 Å². The zero-order valence-corrected chi connectivity index (χ0v) is 19.1. The molecule has 0 unspecified atom stereocenters. The smallest absolute Gasteiger partial charge is 0.261 e. The zero-order chi connectivity index (χ0) is 21.2. The van der Waals surface area contributed by atoms with Crippen LogP contribution in [0.5, 0.6) is 11.5 Å². The predicted molar refractivity (Wildman–Crippen MR) is 122 cm³/mol. The van der Waals surface area contributed by atoms with Gasteiger partial charge in [-0.2, -0.15) is 0 Å². The number of nitrogens with one attached hydrogen (secondary N) is 2. The molecule has 0 aromatic heterocycles. The van der Waals surface area contributed by atoms with Gasteiger partial charge in [0.1, 0.15) is 18.1 Å². The summed E-state index contributed by atoms with van der Waals surface area (Å²) >= 11 is 8.67. The second kappa shape index (κ2) is 11.7. The highest BCUT2D eigenvalue weighted by atomic mass is 79.9. The SMILES string of the molecule is CCOCCOc1cccc(NC(=S)NC(=O)c2cc(Br)ccc2OC(C)C)c1. The number of carbonyl (C=O) groups excluding carboxylic acids is 1. The molecule has 2 N–H and O–H groups in total. The third-order valence-corrected chi connectivity index (χ3v) is 4.27. The average molecular weight is 481 g/mol. The van der Waals surface area contributed by atoms with Crippen LogP contribution >= 0.6 is 28.1 Å². The summed E-state index contributed by atoms with van der Waals surface area (Å²) in [6, 6.07) is 12.6. The fourth-order valence-electron chi connectivity index (χ4n) is 2.40. The molecule has 0 saturated heterocycles. The molecule has 0 aliphatic rings.